The van der Waals surface area contributed by atoms with Crippen LogP contribution in [0.5, 0.6) is 0 Å². The molecular formula is HNPb2S. The molecular weight excluding hydrogens is 460 g/mol. The number of nitrogens with one attached hydrogen (secondary N) is 1. The minimum absolute atomic E-state index is 1.14. The maximum atomic E-state index is 3.05. The van der Waals surface area contributed by atoms with Gasteiger partial charge in [0.2, 0.25) is 0 Å². The van der Waals surface area contributed by atoms with E-state index in [-0.39, 0.29) is 0 Å². The summed E-state index contributed by atoms with van der Waals surface area (Å²) in [6, 6.07) is 0. The molecule has 0 unspecified atom stereocenters. The molecule has 0 amide bonds. The predicted molar refractivity (Wildman–Crippen MR) is 22.2 cm³/mol. The second-order valence-corrected chi connectivity index (χ2v) is 5.37. The summed E-state index contributed by atoms with van der Waals surface area (Å²) in [6.45, 7) is 0. The maximum absolute atomic E-state index is 3.05. The number of hydrogen-bond acceptors (Lipinski definition) is 2. The number of hydrogen-bond donors (Lipinski definition) is 1. The molecule has 6 radical (unpaired) electrons. The summed E-state index contributed by atoms with van der Waals surface area (Å²) < 4.78 is 3.05. The molecule has 0 bridgehead atoms. The Morgan fingerprint density at radius 3 is 2.00 bits per heavy atom. The van der Waals surface area contributed by atoms with E-state index < -0.39 is 0 Å². The van der Waals surface area contributed by atoms with Crippen LogP contribution in [0, 0.1) is 0 Å². The third kappa shape index (κ3) is 4.15. The van der Waals surface area contributed by atoms with Crippen LogP contribution in [0.4, 0.5) is 0 Å². The standard InChI is InChI=1S/HNS.2Pb/c1-2;;/h1H;;/q-2;2*+1. The van der Waals surface area contributed by atoms with Gasteiger partial charge in [-0.3, -0.25) is 0 Å². The van der Waals surface area contributed by atoms with Gasteiger partial charge in [-0.15, -0.1) is 0 Å². The van der Waals surface area contributed by atoms with Gasteiger partial charge in [0.15, 0.2) is 0 Å². The first kappa shape index (κ1) is 6.15. The molecule has 0 aromatic rings. The van der Waals surface area contributed by atoms with Crippen LogP contribution < -0.4 is 2.53 Å². The van der Waals surface area contributed by atoms with Crippen molar-refractivity contribution in [1.82, 2.24) is 2.53 Å². The van der Waals surface area contributed by atoms with Crippen LogP contribution in [0.3, 0.4) is 0 Å². The zero-order valence-electron chi connectivity index (χ0n) is 1.91. The van der Waals surface area contributed by atoms with E-state index >= 15 is 0 Å². The zero-order chi connectivity index (χ0) is 3.41. The Morgan fingerprint density at radius 1 is 1.75 bits per heavy atom. The molecule has 0 aliphatic rings. The van der Waals surface area contributed by atoms with Crippen molar-refractivity contribution in [2.45, 2.75) is 0 Å². The molecule has 0 aliphatic carbocycles. The topological polar surface area (TPSA) is 12.0 Å². The Hall–Kier alpha value is 2.15. The molecule has 4 heavy (non-hydrogen) atoms. The van der Waals surface area contributed by atoms with Gasteiger partial charge < -0.3 is 0 Å². The van der Waals surface area contributed by atoms with Gasteiger partial charge in [0.05, 0.1) is 0 Å². The summed E-state index contributed by atoms with van der Waals surface area (Å²) in [4.78, 5) is 0. The predicted octanol–water partition coefficient (Wildman–Crippen LogP) is -0.609. The monoisotopic (exact) mass is 463 g/mol. The zero-order valence-corrected chi connectivity index (χ0v) is 10.5. The van der Waals surface area contributed by atoms with E-state index in [0.29, 0.717) is 0 Å². The second-order valence-electron chi connectivity index (χ2n) is 0.204. The van der Waals surface area contributed by atoms with Crippen molar-refractivity contribution < 1.29 is 0 Å². The number of rotatable bonds is 1. The van der Waals surface area contributed by atoms with Gasteiger partial charge in [-0.25, -0.2) is 0 Å². The molecule has 0 heterocycles. The summed E-state index contributed by atoms with van der Waals surface area (Å²) in [5.41, 5.74) is 0. The molecule has 0 aromatic heterocycles. The summed E-state index contributed by atoms with van der Waals surface area (Å²) in [5.74, 6) is 0. The van der Waals surface area contributed by atoms with Gasteiger partial charge in [-0.1, -0.05) is 0 Å². The summed E-state index contributed by atoms with van der Waals surface area (Å²) >= 11 is 2.37. The third-order valence-electron chi connectivity index (χ3n) is 0.0510. The minimum atomic E-state index is 1.14. The molecule has 0 aliphatic heterocycles. The fraction of sp³-hybridized carbons (Fsp3) is 0. The molecule has 1 N–H and O–H groups in total. The first-order valence-corrected chi connectivity index (χ1v) is 8.18. The van der Waals surface area contributed by atoms with E-state index in [1.54, 1.807) is 0 Å². The summed E-state index contributed by atoms with van der Waals surface area (Å²) in [6.07, 6.45) is 0. The summed E-state index contributed by atoms with van der Waals surface area (Å²) in [7, 11) is 1.81. The van der Waals surface area contributed by atoms with Crippen LogP contribution in [-0.2, 0) is 0 Å². The Balaban J connectivity index is 1.97. The molecule has 0 saturated carbocycles. The van der Waals surface area contributed by atoms with Crippen LogP contribution in [0.2, 0.25) is 0 Å². The molecule has 0 saturated heterocycles. The van der Waals surface area contributed by atoms with Crippen molar-refractivity contribution in [3.8, 4) is 0 Å². The molecule has 0 rings (SSSR count). The Morgan fingerprint density at radius 2 is 2.00 bits per heavy atom. The van der Waals surface area contributed by atoms with Crippen molar-refractivity contribution >= 4 is 58.8 Å². The van der Waals surface area contributed by atoms with Crippen LogP contribution >= 0.6 is 8.50 Å². The van der Waals surface area contributed by atoms with Gasteiger partial charge in [0.1, 0.15) is 0 Å². The molecule has 0 fully saturated rings. The van der Waals surface area contributed by atoms with Crippen LogP contribution in [0.25, 0.3) is 0 Å². The van der Waals surface area contributed by atoms with E-state index in [2.05, 4.69) is 2.53 Å². The first-order valence-electron chi connectivity index (χ1n) is 0.658. The van der Waals surface area contributed by atoms with Gasteiger partial charge >= 0.3 is 61.4 Å². The van der Waals surface area contributed by atoms with E-state index in [1.165, 1.54) is 24.3 Å². The van der Waals surface area contributed by atoms with E-state index in [1.807, 2.05) is 8.50 Å². The van der Waals surface area contributed by atoms with Crippen molar-refractivity contribution in [2.75, 3.05) is 0 Å². The third-order valence-corrected chi connectivity index (χ3v) is 11.8. The SMILES string of the molecule is [Pb][NH][S][Pb]. The van der Waals surface area contributed by atoms with Crippen molar-refractivity contribution in [2.24, 2.45) is 0 Å². The average molecular weight is 461 g/mol. The first-order chi connectivity index (χ1) is 1.91. The molecule has 20 valence electrons. The molecule has 1 nitrogen and oxygen atoms in total. The normalized spacial score (nSPS) is 7.50. The molecule has 4 heteroatoms. The average Bonchev–Trinajstić information content (AvgIpc) is 1.37. The van der Waals surface area contributed by atoms with Crippen LogP contribution in [0.1, 0.15) is 0 Å². The van der Waals surface area contributed by atoms with Crippen molar-refractivity contribution in [3.05, 3.63) is 0 Å². The molecule has 0 atom stereocenters. The Kier molecular flexibility index (Phi) is 7.93. The summed E-state index contributed by atoms with van der Waals surface area (Å²) in [5, 5.41) is 0. The Labute approximate surface area is 60.4 Å². The van der Waals surface area contributed by atoms with Crippen LogP contribution in [0.15, 0.2) is 0 Å². The second kappa shape index (κ2) is 5.15. The van der Waals surface area contributed by atoms with Gasteiger partial charge in [0, 0.05) is 0 Å². The van der Waals surface area contributed by atoms with E-state index in [0.717, 1.165) is 26.1 Å². The fourth-order valence-electron chi connectivity index (χ4n) is 0. The molecule has 0 spiro atoms. The molecule has 0 aromatic carbocycles. The van der Waals surface area contributed by atoms with E-state index in [4.69, 9.17) is 0 Å². The van der Waals surface area contributed by atoms with Crippen LogP contribution in [-0.4, -0.2) is 50.3 Å². The fourth-order valence-corrected chi connectivity index (χ4v) is 0. The van der Waals surface area contributed by atoms with Crippen molar-refractivity contribution in [1.29, 1.82) is 0 Å². The quantitative estimate of drug-likeness (QED) is 0.413. The Bertz CT molecular complexity index is 8.00. The van der Waals surface area contributed by atoms with Gasteiger partial charge in [-0.2, -0.15) is 0 Å². The van der Waals surface area contributed by atoms with Crippen molar-refractivity contribution in [3.63, 3.8) is 0 Å². The van der Waals surface area contributed by atoms with E-state index in [9.17, 15) is 0 Å². The van der Waals surface area contributed by atoms with Gasteiger partial charge in [-0.05, 0) is 0 Å². The van der Waals surface area contributed by atoms with Gasteiger partial charge in [0.25, 0.3) is 0 Å².